The van der Waals surface area contributed by atoms with Crippen molar-refractivity contribution in [3.63, 3.8) is 0 Å². The van der Waals surface area contributed by atoms with Crippen molar-refractivity contribution in [1.29, 1.82) is 0 Å². The Balaban J connectivity index is 2.04. The van der Waals surface area contributed by atoms with E-state index in [1.807, 2.05) is 36.4 Å². The maximum Gasteiger partial charge on any atom is 0.248 e. The number of anilines is 1. The third-order valence-electron chi connectivity index (χ3n) is 2.42. The van der Waals surface area contributed by atoms with Crippen LogP contribution in [0.4, 0.5) is 5.69 Å². The Morgan fingerprint density at radius 1 is 1.16 bits per heavy atom. The Morgan fingerprint density at radius 2 is 1.89 bits per heavy atom. The fourth-order valence-electron chi connectivity index (χ4n) is 1.50. The van der Waals surface area contributed by atoms with Gasteiger partial charge in [0.1, 0.15) is 0 Å². The van der Waals surface area contributed by atoms with Crippen molar-refractivity contribution in [2.75, 3.05) is 5.32 Å². The molecule has 0 aliphatic carbocycles. The molecule has 2 aromatic rings. The molecule has 0 atom stereocenters. The molecular weight excluding hydrogens is 373 g/mol. The van der Waals surface area contributed by atoms with Gasteiger partial charge in [-0.25, -0.2) is 0 Å². The summed E-state index contributed by atoms with van der Waals surface area (Å²) in [5.41, 5.74) is 1.59. The lowest BCUT2D eigenvalue weighted by Gasteiger charge is -2.04. The highest BCUT2D eigenvalue weighted by Crippen LogP contribution is 2.23. The third-order valence-corrected chi connectivity index (χ3v) is 3.40. The van der Waals surface area contributed by atoms with Crippen LogP contribution < -0.4 is 5.32 Å². The smallest absolute Gasteiger partial charge is 0.248 e. The Bertz CT molecular complexity index is 611. The summed E-state index contributed by atoms with van der Waals surface area (Å²) in [4.78, 5) is 11.8. The van der Waals surface area contributed by atoms with E-state index in [0.29, 0.717) is 10.7 Å². The van der Waals surface area contributed by atoms with Gasteiger partial charge in [-0.3, -0.25) is 4.79 Å². The maximum absolute atomic E-state index is 11.8. The molecule has 0 spiro atoms. The van der Waals surface area contributed by atoms with E-state index in [1.54, 1.807) is 18.2 Å². The molecule has 2 aromatic carbocycles. The molecular formula is C15H11ClINO. The van der Waals surface area contributed by atoms with Crippen LogP contribution in [0.5, 0.6) is 0 Å². The van der Waals surface area contributed by atoms with E-state index < -0.39 is 0 Å². The highest BCUT2D eigenvalue weighted by molar-refractivity contribution is 14.1. The number of hydrogen-bond donors (Lipinski definition) is 1. The first-order valence-corrected chi connectivity index (χ1v) is 7.10. The zero-order valence-electron chi connectivity index (χ0n) is 9.94. The van der Waals surface area contributed by atoms with Crippen molar-refractivity contribution in [3.05, 3.63) is 68.8 Å². The van der Waals surface area contributed by atoms with Gasteiger partial charge in [-0.1, -0.05) is 41.9 Å². The van der Waals surface area contributed by atoms with Gasteiger partial charge >= 0.3 is 0 Å². The highest BCUT2D eigenvalue weighted by atomic mass is 127. The molecule has 2 rings (SSSR count). The fraction of sp³-hybridized carbons (Fsp3) is 0. The van der Waals surface area contributed by atoms with Crippen LogP contribution in [-0.2, 0) is 4.79 Å². The van der Waals surface area contributed by atoms with Crippen LogP contribution in [0.25, 0.3) is 6.08 Å². The number of hydrogen-bond acceptors (Lipinski definition) is 1. The molecule has 19 heavy (non-hydrogen) atoms. The first-order chi connectivity index (χ1) is 9.15. The minimum Gasteiger partial charge on any atom is -0.321 e. The largest absolute Gasteiger partial charge is 0.321 e. The van der Waals surface area contributed by atoms with Gasteiger partial charge in [0.2, 0.25) is 5.91 Å². The number of carbonyl (C=O) groups is 1. The second-order valence-corrected chi connectivity index (χ2v) is 5.51. The number of benzene rings is 2. The standard InChI is InChI=1S/C15H11ClINO/c16-13-10-12(17)7-8-14(13)18-15(19)9-6-11-4-2-1-3-5-11/h1-10H,(H,18,19)/b9-6+. The second kappa shape index (κ2) is 6.73. The van der Waals surface area contributed by atoms with Gasteiger partial charge in [-0.2, -0.15) is 0 Å². The number of carbonyl (C=O) groups excluding carboxylic acids is 1. The van der Waals surface area contributed by atoms with Gasteiger partial charge in [0.05, 0.1) is 10.7 Å². The molecule has 0 unspecified atom stereocenters. The summed E-state index contributed by atoms with van der Waals surface area (Å²) in [6.45, 7) is 0. The van der Waals surface area contributed by atoms with E-state index in [1.165, 1.54) is 6.08 Å². The van der Waals surface area contributed by atoms with E-state index >= 15 is 0 Å². The molecule has 0 bridgehead atoms. The first-order valence-electron chi connectivity index (χ1n) is 5.64. The molecule has 0 aromatic heterocycles. The summed E-state index contributed by atoms with van der Waals surface area (Å²) in [7, 11) is 0. The molecule has 0 radical (unpaired) electrons. The van der Waals surface area contributed by atoms with E-state index in [4.69, 9.17) is 11.6 Å². The van der Waals surface area contributed by atoms with Gasteiger partial charge in [0.15, 0.2) is 0 Å². The predicted octanol–water partition coefficient (Wildman–Crippen LogP) is 4.60. The van der Waals surface area contributed by atoms with E-state index in [0.717, 1.165) is 9.13 Å². The van der Waals surface area contributed by atoms with Gasteiger partial charge in [0.25, 0.3) is 0 Å². The number of rotatable bonds is 3. The first kappa shape index (κ1) is 14.1. The van der Waals surface area contributed by atoms with Crippen LogP contribution in [-0.4, -0.2) is 5.91 Å². The van der Waals surface area contributed by atoms with Crippen LogP contribution >= 0.6 is 34.2 Å². The lowest BCUT2D eigenvalue weighted by molar-refractivity contribution is -0.111. The maximum atomic E-state index is 11.8. The molecule has 0 saturated heterocycles. The summed E-state index contributed by atoms with van der Waals surface area (Å²) in [6.07, 6.45) is 3.25. The zero-order valence-corrected chi connectivity index (χ0v) is 12.9. The van der Waals surface area contributed by atoms with Crippen LogP contribution in [0.2, 0.25) is 5.02 Å². The Kier molecular flexibility index (Phi) is 4.99. The molecule has 0 heterocycles. The number of halogens is 2. The van der Waals surface area contributed by atoms with Crippen molar-refractivity contribution >= 4 is 51.9 Å². The van der Waals surface area contributed by atoms with Crippen LogP contribution in [0, 0.1) is 3.57 Å². The fourth-order valence-corrected chi connectivity index (χ4v) is 2.40. The average molecular weight is 384 g/mol. The van der Waals surface area contributed by atoms with Crippen molar-refractivity contribution < 1.29 is 4.79 Å². The van der Waals surface area contributed by atoms with Crippen molar-refractivity contribution in [2.45, 2.75) is 0 Å². The molecule has 1 N–H and O–H groups in total. The normalized spacial score (nSPS) is 10.6. The Morgan fingerprint density at radius 3 is 2.58 bits per heavy atom. The molecule has 0 fully saturated rings. The molecule has 96 valence electrons. The van der Waals surface area contributed by atoms with Gasteiger partial charge in [-0.15, -0.1) is 0 Å². The lowest BCUT2D eigenvalue weighted by atomic mass is 10.2. The molecule has 0 aliphatic rings. The SMILES string of the molecule is O=C(/C=C/c1ccccc1)Nc1ccc(I)cc1Cl. The molecule has 2 nitrogen and oxygen atoms in total. The van der Waals surface area contributed by atoms with E-state index in [2.05, 4.69) is 27.9 Å². The van der Waals surface area contributed by atoms with Crippen LogP contribution in [0.3, 0.4) is 0 Å². The summed E-state index contributed by atoms with van der Waals surface area (Å²) >= 11 is 8.22. The second-order valence-electron chi connectivity index (χ2n) is 3.86. The minimum atomic E-state index is -0.202. The minimum absolute atomic E-state index is 0.202. The number of nitrogens with one attached hydrogen (secondary N) is 1. The Labute approximate surface area is 130 Å². The van der Waals surface area contributed by atoms with Crippen molar-refractivity contribution in [3.8, 4) is 0 Å². The van der Waals surface area contributed by atoms with Crippen LogP contribution in [0.1, 0.15) is 5.56 Å². The quantitative estimate of drug-likeness (QED) is 0.609. The molecule has 0 saturated carbocycles. The predicted molar refractivity (Wildman–Crippen MR) is 88.3 cm³/mol. The average Bonchev–Trinajstić information content (AvgIpc) is 2.41. The Hall–Kier alpha value is -1.33. The highest BCUT2D eigenvalue weighted by Gasteiger charge is 2.03. The summed E-state index contributed by atoms with van der Waals surface area (Å²) in [5.74, 6) is -0.202. The van der Waals surface area contributed by atoms with Crippen molar-refractivity contribution in [1.82, 2.24) is 0 Å². The van der Waals surface area contributed by atoms with E-state index in [9.17, 15) is 4.79 Å². The lowest BCUT2D eigenvalue weighted by Crippen LogP contribution is -2.08. The van der Waals surface area contributed by atoms with E-state index in [-0.39, 0.29) is 5.91 Å². The monoisotopic (exact) mass is 383 g/mol. The summed E-state index contributed by atoms with van der Waals surface area (Å²) < 4.78 is 1.03. The van der Waals surface area contributed by atoms with Crippen molar-refractivity contribution in [2.24, 2.45) is 0 Å². The molecule has 1 amide bonds. The van der Waals surface area contributed by atoms with Gasteiger partial charge in [0, 0.05) is 9.65 Å². The third kappa shape index (κ3) is 4.36. The zero-order chi connectivity index (χ0) is 13.7. The molecule has 0 aliphatic heterocycles. The van der Waals surface area contributed by atoms with Gasteiger partial charge < -0.3 is 5.32 Å². The topological polar surface area (TPSA) is 29.1 Å². The van der Waals surface area contributed by atoms with Gasteiger partial charge in [-0.05, 0) is 52.4 Å². The summed E-state index contributed by atoms with van der Waals surface area (Å²) in [6, 6.07) is 15.1. The molecule has 4 heteroatoms. The number of amides is 1. The van der Waals surface area contributed by atoms with Crippen LogP contribution in [0.15, 0.2) is 54.6 Å². The summed E-state index contributed by atoms with van der Waals surface area (Å²) in [5, 5.41) is 3.28.